The average molecular weight is 512 g/mol. The maximum absolute atomic E-state index is 12.8. The zero-order valence-electron chi connectivity index (χ0n) is 20.2. The minimum atomic E-state index is -1.31. The Kier molecular flexibility index (Phi) is 6.18. The molecule has 0 saturated heterocycles. The number of fused-ring (bicyclic) bond motifs is 5. The molecular weight excluding hydrogens is 486 g/mol. The number of aromatic carboxylic acids is 1. The molecule has 9 heteroatoms. The van der Waals surface area contributed by atoms with Gasteiger partial charge in [0.05, 0.1) is 12.3 Å². The third-order valence-corrected chi connectivity index (χ3v) is 6.61. The van der Waals surface area contributed by atoms with E-state index in [0.29, 0.717) is 65.1 Å². The first kappa shape index (κ1) is 24.2. The van der Waals surface area contributed by atoms with Gasteiger partial charge < -0.3 is 28.6 Å². The van der Waals surface area contributed by atoms with Crippen molar-refractivity contribution in [2.75, 3.05) is 20.3 Å². The Bertz CT molecular complexity index is 1410. The lowest BCUT2D eigenvalue weighted by atomic mass is 9.93. The van der Waals surface area contributed by atoms with Crippen LogP contribution in [0, 0.1) is 0 Å². The zero-order valence-corrected chi connectivity index (χ0v) is 20.9. The summed E-state index contributed by atoms with van der Waals surface area (Å²) in [6, 6.07) is 10.3. The summed E-state index contributed by atoms with van der Waals surface area (Å²) in [4.78, 5) is 24.6. The Hall–Kier alpha value is -3.49. The van der Waals surface area contributed by atoms with Crippen LogP contribution in [0.2, 0.25) is 5.02 Å². The number of benzene rings is 2. The molecule has 1 atom stereocenters. The second-order valence-corrected chi connectivity index (χ2v) is 9.84. The van der Waals surface area contributed by atoms with Crippen LogP contribution >= 0.6 is 11.6 Å². The van der Waals surface area contributed by atoms with E-state index in [4.69, 9.17) is 30.5 Å². The van der Waals surface area contributed by atoms with Crippen molar-refractivity contribution in [3.05, 3.63) is 74.5 Å². The topological polar surface area (TPSA) is 96.2 Å². The highest BCUT2D eigenvalue weighted by Crippen LogP contribution is 2.53. The fourth-order valence-electron chi connectivity index (χ4n) is 4.72. The van der Waals surface area contributed by atoms with E-state index in [0.717, 1.165) is 5.56 Å². The minimum absolute atomic E-state index is 0.353. The van der Waals surface area contributed by atoms with Crippen molar-refractivity contribution < 1.29 is 28.8 Å². The van der Waals surface area contributed by atoms with Crippen molar-refractivity contribution in [1.82, 2.24) is 4.57 Å². The number of carboxylic acid groups (broad SMARTS) is 1. The van der Waals surface area contributed by atoms with Crippen LogP contribution < -0.4 is 19.6 Å². The number of ether oxygens (including phenoxy) is 4. The molecule has 3 heterocycles. The lowest BCUT2D eigenvalue weighted by molar-refractivity contribution is 0.0693. The van der Waals surface area contributed by atoms with E-state index in [1.807, 2.05) is 26.0 Å². The standard InChI is InChI=1S/C27H26ClNO7/c1-27(2)13-16-23-19-11-20(30)17(26(31)32)14-29(19)25(15-7-4-5-8-18(15)28)35-21(23)12-22(24(16)36-27)34-10-6-9-33-3/h4-5,7-8,11-12,14,25H,6,9-10,13H2,1-3H3,(H,31,32). The molecule has 36 heavy (non-hydrogen) atoms. The van der Waals surface area contributed by atoms with E-state index in [2.05, 4.69) is 0 Å². The Labute approximate surface area is 212 Å². The zero-order chi connectivity index (χ0) is 25.6. The van der Waals surface area contributed by atoms with Gasteiger partial charge >= 0.3 is 5.97 Å². The Morgan fingerprint density at radius 1 is 1.25 bits per heavy atom. The molecule has 1 N–H and O–H groups in total. The third kappa shape index (κ3) is 4.20. The van der Waals surface area contributed by atoms with Crippen LogP contribution in [-0.2, 0) is 11.2 Å². The van der Waals surface area contributed by atoms with Crippen LogP contribution in [0.5, 0.6) is 17.2 Å². The highest BCUT2D eigenvalue weighted by Gasteiger charge is 2.40. The number of hydrogen-bond acceptors (Lipinski definition) is 6. The fourth-order valence-corrected chi connectivity index (χ4v) is 4.95. The summed E-state index contributed by atoms with van der Waals surface area (Å²) in [6.45, 7) is 4.94. The van der Waals surface area contributed by atoms with E-state index in [1.54, 1.807) is 29.9 Å². The Balaban J connectivity index is 1.73. The molecule has 2 aromatic carbocycles. The third-order valence-electron chi connectivity index (χ3n) is 6.27. The van der Waals surface area contributed by atoms with Crippen molar-refractivity contribution in [1.29, 1.82) is 0 Å². The van der Waals surface area contributed by atoms with E-state index >= 15 is 0 Å². The van der Waals surface area contributed by atoms with Crippen molar-refractivity contribution in [3.8, 4) is 28.5 Å². The molecule has 2 aliphatic heterocycles. The highest BCUT2D eigenvalue weighted by atomic mass is 35.5. The molecule has 1 aromatic heterocycles. The number of nitrogens with zero attached hydrogens (tertiary/aromatic N) is 1. The summed E-state index contributed by atoms with van der Waals surface area (Å²) in [6.07, 6.45) is 1.77. The molecule has 1 unspecified atom stereocenters. The highest BCUT2D eigenvalue weighted by molar-refractivity contribution is 6.31. The first-order valence-electron chi connectivity index (χ1n) is 11.6. The van der Waals surface area contributed by atoms with Crippen LogP contribution in [0.3, 0.4) is 0 Å². The van der Waals surface area contributed by atoms with Gasteiger partial charge in [-0.3, -0.25) is 4.79 Å². The number of carboxylic acids is 1. The maximum Gasteiger partial charge on any atom is 0.341 e. The molecule has 0 radical (unpaired) electrons. The Morgan fingerprint density at radius 2 is 2.03 bits per heavy atom. The van der Waals surface area contributed by atoms with Crippen molar-refractivity contribution >= 4 is 17.6 Å². The molecule has 5 rings (SSSR count). The molecule has 0 fully saturated rings. The van der Waals surface area contributed by atoms with Crippen LogP contribution in [0.15, 0.2) is 47.4 Å². The van der Waals surface area contributed by atoms with Crippen LogP contribution in [0.4, 0.5) is 0 Å². The molecule has 0 saturated carbocycles. The van der Waals surface area contributed by atoms with Gasteiger partial charge in [-0.2, -0.15) is 0 Å². The number of halogens is 1. The van der Waals surface area contributed by atoms with Gasteiger partial charge in [-0.15, -0.1) is 0 Å². The SMILES string of the molecule is COCCCOc1cc2c(c3c1OC(C)(C)C3)-c1cc(=O)c(C(=O)O)cn1C(c1ccccc1Cl)O2. The van der Waals surface area contributed by atoms with Gasteiger partial charge in [-0.05, 0) is 19.9 Å². The number of hydrogen-bond donors (Lipinski definition) is 1. The van der Waals surface area contributed by atoms with E-state index in [1.165, 1.54) is 12.3 Å². The van der Waals surface area contributed by atoms with Gasteiger partial charge in [0.15, 0.2) is 16.9 Å². The molecule has 188 valence electrons. The molecule has 0 bridgehead atoms. The number of methoxy groups -OCH3 is 1. The minimum Gasteiger partial charge on any atom is -0.489 e. The Morgan fingerprint density at radius 3 is 2.75 bits per heavy atom. The number of pyridine rings is 1. The number of aromatic nitrogens is 1. The molecule has 0 aliphatic carbocycles. The van der Waals surface area contributed by atoms with Crippen molar-refractivity contribution in [2.45, 2.75) is 38.5 Å². The summed E-state index contributed by atoms with van der Waals surface area (Å²) >= 11 is 6.52. The summed E-state index contributed by atoms with van der Waals surface area (Å²) in [5, 5.41) is 10.1. The predicted octanol–water partition coefficient (Wildman–Crippen LogP) is 4.94. The van der Waals surface area contributed by atoms with Gasteiger partial charge in [-0.1, -0.05) is 29.8 Å². The molecule has 3 aromatic rings. The lowest BCUT2D eigenvalue weighted by Gasteiger charge is -2.33. The first-order chi connectivity index (χ1) is 17.2. The normalized spacial score (nSPS) is 16.8. The number of carbonyl (C=O) groups is 1. The fraction of sp³-hybridized carbons (Fsp3) is 0.333. The molecule has 2 aliphatic rings. The van der Waals surface area contributed by atoms with Crippen molar-refractivity contribution in [3.63, 3.8) is 0 Å². The average Bonchev–Trinajstić information content (AvgIpc) is 3.16. The van der Waals surface area contributed by atoms with Gasteiger partial charge in [0.1, 0.15) is 16.9 Å². The smallest absolute Gasteiger partial charge is 0.341 e. The van der Waals surface area contributed by atoms with Gasteiger partial charge in [0, 0.05) is 66.6 Å². The first-order valence-corrected chi connectivity index (χ1v) is 12.0. The molecule has 0 spiro atoms. The van der Waals surface area contributed by atoms with Crippen LogP contribution in [-0.4, -0.2) is 41.6 Å². The van der Waals surface area contributed by atoms with Gasteiger partial charge in [0.2, 0.25) is 6.23 Å². The summed E-state index contributed by atoms with van der Waals surface area (Å²) < 4.78 is 25.6. The molecular formula is C27H26ClNO7. The molecule has 8 nitrogen and oxygen atoms in total. The largest absolute Gasteiger partial charge is 0.489 e. The second-order valence-electron chi connectivity index (χ2n) is 9.43. The van der Waals surface area contributed by atoms with Crippen LogP contribution in [0.1, 0.15) is 48.0 Å². The predicted molar refractivity (Wildman–Crippen MR) is 134 cm³/mol. The number of rotatable bonds is 7. The lowest BCUT2D eigenvalue weighted by Crippen LogP contribution is -2.28. The van der Waals surface area contributed by atoms with E-state index in [-0.39, 0.29) is 5.56 Å². The molecule has 0 amide bonds. The van der Waals surface area contributed by atoms with Gasteiger partial charge in [-0.25, -0.2) is 4.79 Å². The maximum atomic E-state index is 12.8. The quantitative estimate of drug-likeness (QED) is 0.449. The van der Waals surface area contributed by atoms with Gasteiger partial charge in [0.25, 0.3) is 0 Å². The summed E-state index contributed by atoms with van der Waals surface area (Å²) in [5.41, 5.74) is 1.23. The van der Waals surface area contributed by atoms with Crippen LogP contribution in [0.25, 0.3) is 11.3 Å². The van der Waals surface area contributed by atoms with E-state index < -0.39 is 23.2 Å². The van der Waals surface area contributed by atoms with Crippen molar-refractivity contribution in [2.24, 2.45) is 0 Å². The summed E-state index contributed by atoms with van der Waals surface area (Å²) in [5.74, 6) is 0.330. The summed E-state index contributed by atoms with van der Waals surface area (Å²) in [7, 11) is 1.64. The van der Waals surface area contributed by atoms with E-state index in [9.17, 15) is 14.7 Å². The monoisotopic (exact) mass is 511 g/mol. The second kappa shape index (κ2) is 9.19.